The first-order chi connectivity index (χ1) is 9.30. The fourth-order valence-electron chi connectivity index (χ4n) is 1.98. The van der Waals surface area contributed by atoms with Crippen molar-refractivity contribution in [2.75, 3.05) is 6.54 Å². The second-order valence-electron chi connectivity index (χ2n) is 5.28. The molecule has 4 nitrogen and oxygen atoms in total. The van der Waals surface area contributed by atoms with Crippen LogP contribution in [-0.2, 0) is 4.79 Å². The Morgan fingerprint density at radius 1 is 1.45 bits per heavy atom. The quantitative estimate of drug-likeness (QED) is 0.900. The maximum Gasteiger partial charge on any atom is 0.242 e. The number of nitrogens with zero attached hydrogens (tertiary/aromatic N) is 1. The van der Waals surface area contributed by atoms with Crippen LogP contribution in [0.5, 0.6) is 0 Å². The van der Waals surface area contributed by atoms with E-state index in [1.807, 2.05) is 18.3 Å². The molecule has 5 heteroatoms. The lowest BCUT2D eigenvalue weighted by atomic mass is 9.97. The van der Waals surface area contributed by atoms with Crippen LogP contribution in [0.3, 0.4) is 0 Å². The van der Waals surface area contributed by atoms with Crippen molar-refractivity contribution in [2.45, 2.75) is 19.4 Å². The average Bonchev–Trinajstić information content (AvgIpc) is 2.37. The van der Waals surface area contributed by atoms with Crippen LogP contribution in [0.2, 0.25) is 5.02 Å². The van der Waals surface area contributed by atoms with Crippen LogP contribution >= 0.6 is 11.6 Å². The number of hydrogen-bond acceptors (Lipinski definition) is 3. The standard InChI is InChI=1S/C15H17ClN2O2/c1-15(2,14(17)20)18-8-11(7-13(19)9-18)10-4-3-5-12(16)6-10/h3-8,19H,9H2,1-2H3,(H2,17,20). The van der Waals surface area contributed by atoms with E-state index in [2.05, 4.69) is 0 Å². The molecule has 1 aromatic rings. The third kappa shape index (κ3) is 2.80. The third-order valence-corrected chi connectivity index (χ3v) is 3.66. The van der Waals surface area contributed by atoms with Crippen LogP contribution in [0, 0.1) is 0 Å². The molecule has 0 spiro atoms. The predicted octanol–water partition coefficient (Wildman–Crippen LogP) is 2.70. The molecule has 0 atom stereocenters. The zero-order valence-electron chi connectivity index (χ0n) is 11.4. The Balaban J connectivity index is 2.42. The molecule has 1 aliphatic heterocycles. The molecule has 0 radical (unpaired) electrons. The minimum absolute atomic E-state index is 0.178. The summed E-state index contributed by atoms with van der Waals surface area (Å²) in [6.07, 6.45) is 3.48. The van der Waals surface area contributed by atoms with Gasteiger partial charge in [0.05, 0.1) is 6.54 Å². The molecule has 106 valence electrons. The van der Waals surface area contributed by atoms with Gasteiger partial charge in [-0.3, -0.25) is 4.79 Å². The van der Waals surface area contributed by atoms with Crippen molar-refractivity contribution in [1.82, 2.24) is 4.90 Å². The highest BCUT2D eigenvalue weighted by atomic mass is 35.5. The minimum atomic E-state index is -0.883. The first-order valence-electron chi connectivity index (χ1n) is 6.24. The lowest BCUT2D eigenvalue weighted by Gasteiger charge is -2.37. The number of aliphatic hydroxyl groups excluding tert-OH is 1. The smallest absolute Gasteiger partial charge is 0.242 e. The second kappa shape index (κ2) is 5.21. The van der Waals surface area contributed by atoms with Gasteiger partial charge in [-0.25, -0.2) is 0 Å². The maximum absolute atomic E-state index is 11.6. The van der Waals surface area contributed by atoms with Crippen molar-refractivity contribution in [1.29, 1.82) is 0 Å². The molecule has 0 saturated heterocycles. The summed E-state index contributed by atoms with van der Waals surface area (Å²) in [6, 6.07) is 7.31. The molecule has 0 bridgehead atoms. The summed E-state index contributed by atoms with van der Waals surface area (Å²) in [4.78, 5) is 13.3. The summed E-state index contributed by atoms with van der Waals surface area (Å²) < 4.78 is 0. The molecule has 2 rings (SSSR count). The molecule has 1 aromatic carbocycles. The van der Waals surface area contributed by atoms with Crippen molar-refractivity contribution in [3.63, 3.8) is 0 Å². The first kappa shape index (κ1) is 14.5. The Bertz CT molecular complexity index is 606. The molecular formula is C15H17ClN2O2. The number of aliphatic hydroxyl groups is 1. The van der Waals surface area contributed by atoms with Gasteiger partial charge in [-0.05, 0) is 37.6 Å². The highest BCUT2D eigenvalue weighted by Gasteiger charge is 2.33. The Labute approximate surface area is 123 Å². The van der Waals surface area contributed by atoms with Gasteiger partial charge < -0.3 is 15.7 Å². The number of amides is 1. The van der Waals surface area contributed by atoms with E-state index in [1.165, 1.54) is 0 Å². The number of primary amides is 1. The summed E-state index contributed by atoms with van der Waals surface area (Å²) in [5.74, 6) is -0.273. The Hall–Kier alpha value is -1.94. The fourth-order valence-corrected chi connectivity index (χ4v) is 2.17. The van der Waals surface area contributed by atoms with Crippen LogP contribution in [0.4, 0.5) is 0 Å². The highest BCUT2D eigenvalue weighted by Crippen LogP contribution is 2.28. The van der Waals surface area contributed by atoms with Gasteiger partial charge in [-0.15, -0.1) is 0 Å². The Morgan fingerprint density at radius 2 is 2.15 bits per heavy atom. The van der Waals surface area contributed by atoms with Crippen LogP contribution in [0.25, 0.3) is 5.57 Å². The zero-order chi connectivity index (χ0) is 14.9. The van der Waals surface area contributed by atoms with E-state index in [1.54, 1.807) is 37.0 Å². The number of nitrogens with two attached hydrogens (primary N) is 1. The molecule has 1 heterocycles. The van der Waals surface area contributed by atoms with Crippen LogP contribution in [0.1, 0.15) is 19.4 Å². The zero-order valence-corrected chi connectivity index (χ0v) is 12.2. The summed E-state index contributed by atoms with van der Waals surface area (Å²) >= 11 is 5.98. The summed E-state index contributed by atoms with van der Waals surface area (Å²) in [7, 11) is 0. The summed E-state index contributed by atoms with van der Waals surface area (Å²) in [5, 5.41) is 10.5. The van der Waals surface area contributed by atoms with Crippen LogP contribution in [0.15, 0.2) is 42.3 Å². The van der Waals surface area contributed by atoms with Gasteiger partial charge in [0.25, 0.3) is 0 Å². The Morgan fingerprint density at radius 3 is 2.75 bits per heavy atom. The van der Waals surface area contributed by atoms with Gasteiger partial charge in [0.2, 0.25) is 5.91 Å². The van der Waals surface area contributed by atoms with Crippen molar-refractivity contribution in [3.8, 4) is 0 Å². The molecule has 20 heavy (non-hydrogen) atoms. The molecule has 0 fully saturated rings. The van der Waals surface area contributed by atoms with E-state index in [9.17, 15) is 9.90 Å². The molecule has 0 unspecified atom stereocenters. The van der Waals surface area contributed by atoms with E-state index >= 15 is 0 Å². The average molecular weight is 293 g/mol. The maximum atomic E-state index is 11.6. The normalized spacial score (nSPS) is 15.7. The molecular weight excluding hydrogens is 276 g/mol. The van der Waals surface area contributed by atoms with Gasteiger partial charge in [-0.2, -0.15) is 0 Å². The Kier molecular flexibility index (Phi) is 3.77. The van der Waals surface area contributed by atoms with Crippen LogP contribution in [-0.4, -0.2) is 28.0 Å². The van der Waals surface area contributed by atoms with Gasteiger partial charge in [0, 0.05) is 16.8 Å². The third-order valence-electron chi connectivity index (χ3n) is 3.43. The minimum Gasteiger partial charge on any atom is -0.510 e. The van der Waals surface area contributed by atoms with Crippen molar-refractivity contribution >= 4 is 23.1 Å². The van der Waals surface area contributed by atoms with E-state index in [-0.39, 0.29) is 12.3 Å². The number of carbonyl (C=O) groups excluding carboxylic acids is 1. The first-order valence-corrected chi connectivity index (χ1v) is 6.62. The van der Waals surface area contributed by atoms with E-state index < -0.39 is 11.4 Å². The monoisotopic (exact) mass is 292 g/mol. The van der Waals surface area contributed by atoms with Crippen molar-refractivity contribution in [2.24, 2.45) is 5.73 Å². The number of halogens is 1. The molecule has 3 N–H and O–H groups in total. The number of benzene rings is 1. The predicted molar refractivity (Wildman–Crippen MR) is 80.1 cm³/mol. The van der Waals surface area contributed by atoms with Crippen molar-refractivity contribution in [3.05, 3.63) is 52.9 Å². The molecule has 0 aromatic heterocycles. The SMILES string of the molecule is CC(C)(C(N)=O)N1C=C(c2cccc(Cl)c2)C=C(O)C1. The molecule has 1 amide bonds. The lowest BCUT2D eigenvalue weighted by molar-refractivity contribution is -0.126. The largest absolute Gasteiger partial charge is 0.510 e. The fraction of sp³-hybridized carbons (Fsp3) is 0.267. The number of hydrogen-bond donors (Lipinski definition) is 2. The number of carbonyl (C=O) groups is 1. The molecule has 1 aliphatic rings. The lowest BCUT2D eigenvalue weighted by Crippen LogP contribution is -2.52. The topological polar surface area (TPSA) is 66.6 Å². The summed E-state index contributed by atoms with van der Waals surface area (Å²) in [5.41, 5.74) is 6.19. The molecule has 0 saturated carbocycles. The van der Waals surface area contributed by atoms with E-state index in [4.69, 9.17) is 17.3 Å². The summed E-state index contributed by atoms with van der Waals surface area (Å²) in [6.45, 7) is 3.69. The van der Waals surface area contributed by atoms with Gasteiger partial charge >= 0.3 is 0 Å². The van der Waals surface area contributed by atoms with E-state index in [0.29, 0.717) is 5.02 Å². The number of rotatable bonds is 3. The van der Waals surface area contributed by atoms with Crippen LogP contribution < -0.4 is 5.73 Å². The highest BCUT2D eigenvalue weighted by molar-refractivity contribution is 6.30. The van der Waals surface area contributed by atoms with E-state index in [0.717, 1.165) is 11.1 Å². The van der Waals surface area contributed by atoms with Gasteiger partial charge in [0.15, 0.2) is 0 Å². The van der Waals surface area contributed by atoms with Gasteiger partial charge in [-0.1, -0.05) is 23.7 Å². The molecule has 0 aliphatic carbocycles. The van der Waals surface area contributed by atoms with Crippen molar-refractivity contribution < 1.29 is 9.90 Å². The van der Waals surface area contributed by atoms with Gasteiger partial charge in [0.1, 0.15) is 11.3 Å². The number of allylic oxidation sites excluding steroid dienone is 2. The second-order valence-corrected chi connectivity index (χ2v) is 5.72.